The molecule has 1 N–H and O–H groups in total. The van der Waals surface area contributed by atoms with Gasteiger partial charge in [0.25, 0.3) is 5.91 Å². The Hall–Kier alpha value is -1.87. The van der Waals surface area contributed by atoms with Crippen LogP contribution in [0.1, 0.15) is 18.5 Å². The van der Waals surface area contributed by atoms with Gasteiger partial charge in [0.1, 0.15) is 0 Å². The van der Waals surface area contributed by atoms with Gasteiger partial charge in [0.2, 0.25) is 6.04 Å². The Morgan fingerprint density at radius 1 is 1.16 bits per heavy atom. The molecular formula is C15H16ClN2O+. The first-order chi connectivity index (χ1) is 9.06. The average molecular weight is 276 g/mol. The number of hydrogen-bond donors (Lipinski definition) is 1. The van der Waals surface area contributed by atoms with Crippen molar-refractivity contribution < 1.29 is 9.36 Å². The number of amides is 1. The molecule has 0 aliphatic carbocycles. The van der Waals surface area contributed by atoms with E-state index >= 15 is 0 Å². The number of nitrogens with one attached hydrogen (secondary N) is 1. The van der Waals surface area contributed by atoms with Gasteiger partial charge in [0, 0.05) is 29.8 Å². The molecule has 1 amide bonds. The van der Waals surface area contributed by atoms with E-state index in [0.717, 1.165) is 5.69 Å². The second kappa shape index (κ2) is 5.85. The zero-order chi connectivity index (χ0) is 13.8. The van der Waals surface area contributed by atoms with Gasteiger partial charge in [-0.2, -0.15) is 4.57 Å². The third-order valence-corrected chi connectivity index (χ3v) is 3.21. The van der Waals surface area contributed by atoms with Crippen LogP contribution in [0.5, 0.6) is 0 Å². The predicted octanol–water partition coefficient (Wildman–Crippen LogP) is 3.14. The summed E-state index contributed by atoms with van der Waals surface area (Å²) in [6.07, 6.45) is 3.81. The van der Waals surface area contributed by atoms with Crippen LogP contribution in [-0.4, -0.2) is 5.91 Å². The standard InChI is InChI=1S/C15H15ClN2O/c1-11-7-9-18(10-8-11)12(2)15(19)17-14-5-3-13(16)4-6-14/h3-10,12H,1-2H3/p+1/t12-/m0/s1. The highest BCUT2D eigenvalue weighted by Crippen LogP contribution is 2.14. The van der Waals surface area contributed by atoms with Crippen molar-refractivity contribution in [3.05, 3.63) is 59.4 Å². The van der Waals surface area contributed by atoms with Crippen molar-refractivity contribution >= 4 is 23.2 Å². The molecule has 0 spiro atoms. The first-order valence-corrected chi connectivity index (χ1v) is 6.48. The molecule has 0 saturated heterocycles. The number of pyridine rings is 1. The van der Waals surface area contributed by atoms with Crippen LogP contribution in [-0.2, 0) is 4.79 Å². The van der Waals surface area contributed by atoms with E-state index in [0.29, 0.717) is 5.02 Å². The molecule has 0 saturated carbocycles. The molecule has 19 heavy (non-hydrogen) atoms. The SMILES string of the molecule is Cc1cc[n+]([C@@H](C)C(=O)Nc2ccc(Cl)cc2)cc1. The van der Waals surface area contributed by atoms with E-state index < -0.39 is 0 Å². The number of halogens is 1. The number of rotatable bonds is 3. The predicted molar refractivity (Wildman–Crippen MR) is 76.2 cm³/mol. The number of aromatic nitrogens is 1. The number of carbonyl (C=O) groups is 1. The highest BCUT2D eigenvalue weighted by Gasteiger charge is 2.21. The molecule has 0 fully saturated rings. The summed E-state index contributed by atoms with van der Waals surface area (Å²) in [5.41, 5.74) is 1.91. The Morgan fingerprint density at radius 2 is 1.74 bits per heavy atom. The van der Waals surface area contributed by atoms with E-state index in [-0.39, 0.29) is 11.9 Å². The lowest BCUT2D eigenvalue weighted by atomic mass is 10.2. The second-order valence-electron chi connectivity index (χ2n) is 4.49. The van der Waals surface area contributed by atoms with Gasteiger partial charge in [-0.25, -0.2) is 0 Å². The molecule has 98 valence electrons. The maximum atomic E-state index is 12.1. The summed E-state index contributed by atoms with van der Waals surface area (Å²) in [5, 5.41) is 3.52. The summed E-state index contributed by atoms with van der Waals surface area (Å²) < 4.78 is 1.87. The van der Waals surface area contributed by atoms with Crippen LogP contribution in [0.25, 0.3) is 0 Å². The molecule has 2 aromatic rings. The van der Waals surface area contributed by atoms with Crippen LogP contribution in [0.3, 0.4) is 0 Å². The number of benzene rings is 1. The third kappa shape index (κ3) is 3.55. The zero-order valence-electron chi connectivity index (χ0n) is 10.9. The summed E-state index contributed by atoms with van der Waals surface area (Å²) in [6.45, 7) is 3.88. The van der Waals surface area contributed by atoms with Gasteiger partial charge in [-0.15, -0.1) is 0 Å². The van der Waals surface area contributed by atoms with Gasteiger partial charge < -0.3 is 5.32 Å². The van der Waals surface area contributed by atoms with Crippen LogP contribution >= 0.6 is 11.6 Å². The Morgan fingerprint density at radius 3 is 2.32 bits per heavy atom. The second-order valence-corrected chi connectivity index (χ2v) is 4.93. The molecule has 0 aliphatic rings. The average Bonchev–Trinajstić information content (AvgIpc) is 2.41. The van der Waals surface area contributed by atoms with Crippen molar-refractivity contribution in [3.8, 4) is 0 Å². The smallest absolute Gasteiger partial charge is 0.293 e. The summed E-state index contributed by atoms with van der Waals surface area (Å²) in [4.78, 5) is 12.1. The number of carbonyl (C=O) groups excluding carboxylic acids is 1. The van der Waals surface area contributed by atoms with Crippen LogP contribution < -0.4 is 9.88 Å². The summed E-state index contributed by atoms with van der Waals surface area (Å²) in [6, 6.07) is 10.8. The van der Waals surface area contributed by atoms with E-state index in [1.54, 1.807) is 24.3 Å². The maximum absolute atomic E-state index is 12.1. The Labute approximate surface area is 117 Å². The molecule has 1 atom stereocenters. The fraction of sp³-hybridized carbons (Fsp3) is 0.200. The Bertz CT molecular complexity index is 564. The summed E-state index contributed by atoms with van der Waals surface area (Å²) in [7, 11) is 0. The fourth-order valence-electron chi connectivity index (χ4n) is 1.69. The van der Waals surface area contributed by atoms with E-state index in [1.165, 1.54) is 5.56 Å². The minimum absolute atomic E-state index is 0.0591. The van der Waals surface area contributed by atoms with Gasteiger partial charge in [-0.1, -0.05) is 11.6 Å². The fourth-order valence-corrected chi connectivity index (χ4v) is 1.81. The van der Waals surface area contributed by atoms with Crippen LogP contribution in [0.2, 0.25) is 5.02 Å². The first kappa shape index (κ1) is 13.6. The molecular weight excluding hydrogens is 260 g/mol. The molecule has 1 aromatic heterocycles. The van der Waals surface area contributed by atoms with Crippen molar-refractivity contribution in [2.75, 3.05) is 5.32 Å². The minimum atomic E-state index is -0.267. The van der Waals surface area contributed by atoms with Gasteiger partial charge in [-0.3, -0.25) is 4.79 Å². The molecule has 0 bridgehead atoms. The van der Waals surface area contributed by atoms with Gasteiger partial charge in [0.15, 0.2) is 12.4 Å². The molecule has 0 aliphatic heterocycles. The van der Waals surface area contributed by atoms with Crippen molar-refractivity contribution in [3.63, 3.8) is 0 Å². The van der Waals surface area contributed by atoms with Crippen molar-refractivity contribution in [1.82, 2.24) is 0 Å². The van der Waals surface area contributed by atoms with Crippen LogP contribution in [0.15, 0.2) is 48.8 Å². The first-order valence-electron chi connectivity index (χ1n) is 6.10. The lowest BCUT2D eigenvalue weighted by Crippen LogP contribution is -2.43. The normalized spacial score (nSPS) is 11.9. The third-order valence-electron chi connectivity index (χ3n) is 2.96. The summed E-state index contributed by atoms with van der Waals surface area (Å²) >= 11 is 5.80. The van der Waals surface area contributed by atoms with E-state index in [9.17, 15) is 4.79 Å². The number of nitrogens with zero attached hydrogens (tertiary/aromatic N) is 1. The van der Waals surface area contributed by atoms with E-state index in [1.807, 2.05) is 42.9 Å². The van der Waals surface area contributed by atoms with Gasteiger partial charge in [-0.05, 0) is 36.8 Å². The number of hydrogen-bond acceptors (Lipinski definition) is 1. The lowest BCUT2D eigenvalue weighted by molar-refractivity contribution is -0.705. The van der Waals surface area contributed by atoms with Gasteiger partial charge in [0.05, 0.1) is 0 Å². The van der Waals surface area contributed by atoms with Crippen molar-refractivity contribution in [2.24, 2.45) is 0 Å². The molecule has 0 radical (unpaired) electrons. The molecule has 1 aromatic carbocycles. The molecule has 1 heterocycles. The highest BCUT2D eigenvalue weighted by molar-refractivity contribution is 6.30. The summed E-state index contributed by atoms with van der Waals surface area (Å²) in [5.74, 6) is -0.0591. The molecule has 2 rings (SSSR count). The topological polar surface area (TPSA) is 33.0 Å². The van der Waals surface area contributed by atoms with E-state index in [4.69, 9.17) is 11.6 Å². The highest BCUT2D eigenvalue weighted by atomic mass is 35.5. The van der Waals surface area contributed by atoms with Gasteiger partial charge >= 0.3 is 0 Å². The van der Waals surface area contributed by atoms with Crippen molar-refractivity contribution in [1.29, 1.82) is 0 Å². The number of anilines is 1. The maximum Gasteiger partial charge on any atom is 0.293 e. The minimum Gasteiger partial charge on any atom is -0.320 e. The van der Waals surface area contributed by atoms with Crippen LogP contribution in [0, 0.1) is 6.92 Å². The Balaban J connectivity index is 2.07. The monoisotopic (exact) mass is 275 g/mol. The molecule has 0 unspecified atom stereocenters. The Kier molecular flexibility index (Phi) is 4.17. The molecule has 3 nitrogen and oxygen atoms in total. The quantitative estimate of drug-likeness (QED) is 0.858. The van der Waals surface area contributed by atoms with Crippen molar-refractivity contribution in [2.45, 2.75) is 19.9 Å². The number of aryl methyl sites for hydroxylation is 1. The lowest BCUT2D eigenvalue weighted by Gasteiger charge is -2.08. The molecule has 4 heteroatoms. The van der Waals surface area contributed by atoms with Crippen LogP contribution in [0.4, 0.5) is 5.69 Å². The zero-order valence-corrected chi connectivity index (χ0v) is 11.7. The largest absolute Gasteiger partial charge is 0.320 e. The van der Waals surface area contributed by atoms with E-state index in [2.05, 4.69) is 5.32 Å².